The van der Waals surface area contributed by atoms with Crippen LogP contribution in [0.5, 0.6) is 0 Å². The second-order valence-corrected chi connectivity index (χ2v) is 9.30. The third-order valence-electron chi connectivity index (χ3n) is 5.37. The summed E-state index contributed by atoms with van der Waals surface area (Å²) < 4.78 is 27.7. The summed E-state index contributed by atoms with van der Waals surface area (Å²) in [6.45, 7) is 4.86. The van der Waals surface area contributed by atoms with E-state index in [1.165, 1.54) is 23.4 Å². The van der Waals surface area contributed by atoms with Gasteiger partial charge in [0.2, 0.25) is 0 Å². The highest BCUT2D eigenvalue weighted by Crippen LogP contribution is 2.20. The minimum absolute atomic E-state index is 0.0798. The van der Waals surface area contributed by atoms with Crippen LogP contribution < -0.4 is 9.62 Å². The molecule has 0 aromatic heterocycles. The van der Waals surface area contributed by atoms with Gasteiger partial charge in [-0.1, -0.05) is 30.3 Å². The first kappa shape index (κ1) is 20.9. The lowest BCUT2D eigenvalue weighted by atomic mass is 10.1. The number of rotatable bonds is 5. The van der Waals surface area contributed by atoms with Gasteiger partial charge in [0, 0.05) is 43.1 Å². The van der Waals surface area contributed by atoms with Gasteiger partial charge in [0.15, 0.2) is 0 Å². The highest BCUT2D eigenvalue weighted by Gasteiger charge is 2.23. The molecular weight excluding hydrogens is 410 g/mol. The van der Waals surface area contributed by atoms with Crippen molar-refractivity contribution in [3.05, 3.63) is 90.0 Å². The fourth-order valence-corrected chi connectivity index (χ4v) is 4.73. The maximum absolute atomic E-state index is 12.9. The SMILES string of the molecule is Cc1cccc(N2CCN(C(=O)c3ccc(S(=O)(=O)Nc4ccccc4)cc3)CC2)c1. The zero-order valence-corrected chi connectivity index (χ0v) is 18.2. The lowest BCUT2D eigenvalue weighted by Gasteiger charge is -2.36. The lowest BCUT2D eigenvalue weighted by Crippen LogP contribution is -2.48. The van der Waals surface area contributed by atoms with Gasteiger partial charge in [-0.15, -0.1) is 0 Å². The number of nitrogens with zero attached hydrogens (tertiary/aromatic N) is 2. The van der Waals surface area contributed by atoms with Crippen LogP contribution in [0.1, 0.15) is 15.9 Å². The molecule has 0 unspecified atom stereocenters. The van der Waals surface area contributed by atoms with Crippen LogP contribution in [0.25, 0.3) is 0 Å². The molecule has 31 heavy (non-hydrogen) atoms. The minimum atomic E-state index is -3.70. The summed E-state index contributed by atoms with van der Waals surface area (Å²) in [5, 5.41) is 0. The average molecular weight is 436 g/mol. The first-order chi connectivity index (χ1) is 14.9. The molecule has 0 atom stereocenters. The van der Waals surface area contributed by atoms with E-state index < -0.39 is 10.0 Å². The molecule has 1 aliphatic rings. The van der Waals surface area contributed by atoms with Crippen LogP contribution in [0.2, 0.25) is 0 Å². The first-order valence-corrected chi connectivity index (χ1v) is 11.7. The molecule has 0 spiro atoms. The maximum Gasteiger partial charge on any atom is 0.261 e. The Labute approximate surface area is 183 Å². The molecule has 3 aromatic carbocycles. The van der Waals surface area contributed by atoms with Crippen molar-refractivity contribution in [2.75, 3.05) is 35.8 Å². The third-order valence-corrected chi connectivity index (χ3v) is 6.77. The standard InChI is InChI=1S/C24H25N3O3S/c1-19-6-5-9-22(18-19)26-14-16-27(17-15-26)24(28)20-10-12-23(13-11-20)31(29,30)25-21-7-3-2-4-8-21/h2-13,18,25H,14-17H2,1H3. The normalized spacial score (nSPS) is 14.4. The molecule has 0 bridgehead atoms. The first-order valence-electron chi connectivity index (χ1n) is 10.2. The van der Waals surface area contributed by atoms with Crippen LogP contribution in [0.15, 0.2) is 83.8 Å². The molecule has 160 valence electrons. The van der Waals surface area contributed by atoms with Crippen molar-refractivity contribution in [1.82, 2.24) is 4.90 Å². The van der Waals surface area contributed by atoms with Crippen molar-refractivity contribution in [2.45, 2.75) is 11.8 Å². The van der Waals surface area contributed by atoms with Gasteiger partial charge in [-0.2, -0.15) is 0 Å². The van der Waals surface area contributed by atoms with Crippen molar-refractivity contribution in [3.63, 3.8) is 0 Å². The molecule has 1 heterocycles. The van der Waals surface area contributed by atoms with Gasteiger partial charge in [-0.3, -0.25) is 9.52 Å². The molecule has 6 nitrogen and oxygen atoms in total. The number of hydrogen-bond acceptors (Lipinski definition) is 4. The number of amides is 1. The van der Waals surface area contributed by atoms with Gasteiger partial charge in [0.25, 0.3) is 15.9 Å². The van der Waals surface area contributed by atoms with Crippen LogP contribution in [-0.2, 0) is 10.0 Å². The molecule has 1 amide bonds. The van der Waals surface area contributed by atoms with Crippen molar-refractivity contribution in [3.8, 4) is 0 Å². The van der Waals surface area contributed by atoms with Gasteiger partial charge in [-0.05, 0) is 61.0 Å². The number of carbonyl (C=O) groups excluding carboxylic acids is 1. The summed E-state index contributed by atoms with van der Waals surface area (Å²) in [5.41, 5.74) is 3.37. The zero-order valence-electron chi connectivity index (χ0n) is 17.4. The number of benzene rings is 3. The number of anilines is 2. The van der Waals surface area contributed by atoms with E-state index >= 15 is 0 Å². The fourth-order valence-electron chi connectivity index (χ4n) is 3.67. The third kappa shape index (κ3) is 4.88. The van der Waals surface area contributed by atoms with E-state index in [0.29, 0.717) is 24.3 Å². The monoisotopic (exact) mass is 435 g/mol. The topological polar surface area (TPSA) is 69.7 Å². The number of carbonyl (C=O) groups is 1. The van der Waals surface area contributed by atoms with Gasteiger partial charge < -0.3 is 9.80 Å². The average Bonchev–Trinajstić information content (AvgIpc) is 2.79. The molecule has 7 heteroatoms. The predicted molar refractivity (Wildman–Crippen MR) is 123 cm³/mol. The van der Waals surface area contributed by atoms with E-state index in [-0.39, 0.29) is 10.8 Å². The molecule has 1 saturated heterocycles. The highest BCUT2D eigenvalue weighted by molar-refractivity contribution is 7.92. The van der Waals surface area contributed by atoms with Crippen LogP contribution in [-0.4, -0.2) is 45.4 Å². The largest absolute Gasteiger partial charge is 0.368 e. The Kier molecular flexibility index (Phi) is 5.95. The van der Waals surface area contributed by atoms with Gasteiger partial charge in [0.05, 0.1) is 4.90 Å². The van der Waals surface area contributed by atoms with Gasteiger partial charge in [-0.25, -0.2) is 8.42 Å². The summed E-state index contributed by atoms with van der Waals surface area (Å²) in [6, 6.07) is 23.2. The van der Waals surface area contributed by atoms with E-state index in [1.807, 2.05) is 17.0 Å². The highest BCUT2D eigenvalue weighted by atomic mass is 32.2. The van der Waals surface area contributed by atoms with Crippen molar-refractivity contribution < 1.29 is 13.2 Å². The lowest BCUT2D eigenvalue weighted by molar-refractivity contribution is 0.0746. The summed E-state index contributed by atoms with van der Waals surface area (Å²) in [5.74, 6) is -0.0798. The van der Waals surface area contributed by atoms with Crippen LogP contribution in [0, 0.1) is 6.92 Å². The fraction of sp³-hybridized carbons (Fsp3) is 0.208. The quantitative estimate of drug-likeness (QED) is 0.663. The molecule has 1 N–H and O–H groups in total. The number of nitrogens with one attached hydrogen (secondary N) is 1. The molecule has 1 fully saturated rings. The Hall–Kier alpha value is -3.32. The van der Waals surface area contributed by atoms with E-state index in [4.69, 9.17) is 0 Å². The predicted octanol–water partition coefficient (Wildman–Crippen LogP) is 3.76. The van der Waals surface area contributed by atoms with E-state index in [9.17, 15) is 13.2 Å². The Morgan fingerprint density at radius 1 is 0.839 bits per heavy atom. The summed E-state index contributed by atoms with van der Waals surface area (Å²) in [7, 11) is -3.70. The van der Waals surface area contributed by atoms with Gasteiger partial charge in [0.1, 0.15) is 0 Å². The second kappa shape index (κ2) is 8.81. The molecule has 3 aromatic rings. The Morgan fingerprint density at radius 3 is 2.16 bits per heavy atom. The number of aryl methyl sites for hydroxylation is 1. The van der Waals surface area contributed by atoms with Crippen LogP contribution in [0.4, 0.5) is 11.4 Å². The summed E-state index contributed by atoms with van der Waals surface area (Å²) in [4.78, 5) is 17.1. The van der Waals surface area contributed by atoms with E-state index in [1.54, 1.807) is 36.4 Å². The zero-order chi connectivity index (χ0) is 21.8. The Bertz CT molecular complexity index is 1150. The summed E-state index contributed by atoms with van der Waals surface area (Å²) in [6.07, 6.45) is 0. The number of para-hydroxylation sites is 1. The van der Waals surface area contributed by atoms with Crippen molar-refractivity contribution in [2.24, 2.45) is 0 Å². The summed E-state index contributed by atoms with van der Waals surface area (Å²) >= 11 is 0. The van der Waals surface area contributed by atoms with Crippen LogP contribution in [0.3, 0.4) is 0 Å². The molecule has 0 aliphatic carbocycles. The molecule has 4 rings (SSSR count). The number of sulfonamides is 1. The second-order valence-electron chi connectivity index (χ2n) is 7.61. The Balaban J connectivity index is 1.40. The Morgan fingerprint density at radius 2 is 1.52 bits per heavy atom. The molecular formula is C24H25N3O3S. The molecule has 0 radical (unpaired) electrons. The van der Waals surface area contributed by atoms with Crippen molar-refractivity contribution >= 4 is 27.3 Å². The van der Waals surface area contributed by atoms with Gasteiger partial charge >= 0.3 is 0 Å². The number of hydrogen-bond donors (Lipinski definition) is 1. The number of piperazine rings is 1. The van der Waals surface area contributed by atoms with Crippen LogP contribution >= 0.6 is 0 Å². The molecule has 1 aliphatic heterocycles. The molecule has 0 saturated carbocycles. The van der Waals surface area contributed by atoms with E-state index in [0.717, 1.165) is 13.1 Å². The minimum Gasteiger partial charge on any atom is -0.368 e. The van der Waals surface area contributed by atoms with Crippen molar-refractivity contribution in [1.29, 1.82) is 0 Å². The maximum atomic E-state index is 12.9. The smallest absolute Gasteiger partial charge is 0.261 e. The van der Waals surface area contributed by atoms with E-state index in [2.05, 4.69) is 34.7 Å².